The van der Waals surface area contributed by atoms with Gasteiger partial charge in [0.2, 0.25) is 0 Å². The average molecular weight is 271 g/mol. The maximum atomic E-state index is 12.3. The van der Waals surface area contributed by atoms with Crippen LogP contribution in [0.4, 0.5) is 0 Å². The predicted molar refractivity (Wildman–Crippen MR) is 65.5 cm³/mol. The lowest BCUT2D eigenvalue weighted by Gasteiger charge is -2.29. The molecule has 0 aromatic carbocycles. The van der Waals surface area contributed by atoms with Gasteiger partial charge in [-0.2, -0.15) is 4.31 Å². The topological polar surface area (TPSA) is 83.1 Å². The number of hydrogen-bond donors (Lipinski definition) is 1. The van der Waals surface area contributed by atoms with Crippen molar-refractivity contribution in [2.75, 3.05) is 7.05 Å². The molecular formula is C11H17N3O3S. The molecule has 0 spiro atoms. The molecule has 0 aliphatic heterocycles. The van der Waals surface area contributed by atoms with Gasteiger partial charge in [0.05, 0.1) is 6.20 Å². The van der Waals surface area contributed by atoms with E-state index >= 15 is 0 Å². The molecular weight excluding hydrogens is 254 g/mol. The fraction of sp³-hybridized carbons (Fsp3) is 0.636. The second-order valence-corrected chi connectivity index (χ2v) is 6.59. The van der Waals surface area contributed by atoms with Gasteiger partial charge in [-0.3, -0.25) is 4.79 Å². The van der Waals surface area contributed by atoms with E-state index < -0.39 is 10.0 Å². The summed E-state index contributed by atoms with van der Waals surface area (Å²) in [6.07, 6.45) is 3.46. The number of sulfonamides is 1. The minimum Gasteiger partial charge on any atom is -0.332 e. The van der Waals surface area contributed by atoms with Crippen LogP contribution in [-0.4, -0.2) is 41.6 Å². The van der Waals surface area contributed by atoms with E-state index in [1.807, 2.05) is 0 Å². The van der Waals surface area contributed by atoms with E-state index in [9.17, 15) is 13.2 Å². The lowest BCUT2D eigenvalue weighted by Crippen LogP contribution is -2.39. The van der Waals surface area contributed by atoms with Crippen molar-refractivity contribution in [2.24, 2.45) is 0 Å². The summed E-state index contributed by atoms with van der Waals surface area (Å²) in [5, 5.41) is 0.111. The minimum absolute atomic E-state index is 0.101. The van der Waals surface area contributed by atoms with Crippen LogP contribution in [0.3, 0.4) is 0 Å². The molecule has 1 N–H and O–H groups in total. The van der Waals surface area contributed by atoms with Crippen molar-refractivity contribution in [3.8, 4) is 0 Å². The third-order valence-corrected chi connectivity index (χ3v) is 5.18. The van der Waals surface area contributed by atoms with Crippen LogP contribution >= 0.6 is 0 Å². The first-order chi connectivity index (χ1) is 8.41. The molecule has 0 unspecified atom stereocenters. The van der Waals surface area contributed by atoms with Gasteiger partial charge in [0, 0.05) is 25.9 Å². The van der Waals surface area contributed by atoms with E-state index in [0.717, 1.165) is 0 Å². The van der Waals surface area contributed by atoms with Crippen molar-refractivity contribution in [1.82, 2.24) is 14.3 Å². The molecule has 0 atom stereocenters. The van der Waals surface area contributed by atoms with Gasteiger partial charge >= 0.3 is 0 Å². The van der Waals surface area contributed by atoms with Crippen LogP contribution in [0, 0.1) is 6.92 Å². The van der Waals surface area contributed by atoms with Crippen molar-refractivity contribution < 1.29 is 13.2 Å². The molecule has 0 amide bonds. The minimum atomic E-state index is -3.53. The molecule has 1 fully saturated rings. The second-order valence-electron chi connectivity index (χ2n) is 4.62. The third-order valence-electron chi connectivity index (χ3n) is 3.36. The Morgan fingerprint density at radius 1 is 1.39 bits per heavy atom. The molecule has 1 aromatic rings. The molecule has 1 aromatic heterocycles. The number of hydrogen-bond acceptors (Lipinski definition) is 4. The summed E-state index contributed by atoms with van der Waals surface area (Å²) in [5.74, 6) is 0.787. The number of nitrogens with one attached hydrogen (secondary N) is 1. The lowest BCUT2D eigenvalue weighted by atomic mass is 9.95. The highest BCUT2D eigenvalue weighted by Gasteiger charge is 2.31. The number of aromatic amines is 1. The van der Waals surface area contributed by atoms with Crippen LogP contribution in [0.5, 0.6) is 0 Å². The molecule has 0 radical (unpaired) electrons. The maximum absolute atomic E-state index is 12.3. The Balaban J connectivity index is 2.17. The number of carbonyl (C=O) groups is 1. The summed E-state index contributed by atoms with van der Waals surface area (Å²) in [6.45, 7) is 1.71. The Labute approximate surface area is 106 Å². The molecule has 1 aliphatic rings. The van der Waals surface area contributed by atoms with Gasteiger partial charge in [-0.25, -0.2) is 13.4 Å². The maximum Gasteiger partial charge on any atom is 0.260 e. The number of rotatable bonds is 3. The number of ketones is 1. The standard InChI is InChI=1S/C11H17N3O3S/c1-8-12-7-11(13-8)18(16,17)14(2)9-3-5-10(15)6-4-9/h7,9H,3-6H2,1-2H3,(H,12,13). The summed E-state index contributed by atoms with van der Waals surface area (Å²) < 4.78 is 25.9. The number of nitrogens with zero attached hydrogens (tertiary/aromatic N) is 2. The second kappa shape index (κ2) is 4.81. The predicted octanol–water partition coefficient (Wildman–Crippen LogP) is 0.850. The quantitative estimate of drug-likeness (QED) is 0.883. The lowest BCUT2D eigenvalue weighted by molar-refractivity contribution is -0.120. The number of Topliss-reactive ketones (excluding diaryl/α,β-unsaturated/α-hetero) is 1. The summed E-state index contributed by atoms with van der Waals surface area (Å²) in [4.78, 5) is 17.8. The molecule has 7 heteroatoms. The van der Waals surface area contributed by atoms with Crippen LogP contribution in [0.25, 0.3) is 0 Å². The number of H-pyrrole nitrogens is 1. The van der Waals surface area contributed by atoms with E-state index in [-0.39, 0.29) is 16.9 Å². The van der Waals surface area contributed by atoms with E-state index in [1.165, 1.54) is 10.5 Å². The zero-order chi connectivity index (χ0) is 13.3. The molecule has 0 bridgehead atoms. The highest BCUT2D eigenvalue weighted by Crippen LogP contribution is 2.24. The molecule has 1 saturated carbocycles. The van der Waals surface area contributed by atoms with E-state index in [4.69, 9.17) is 0 Å². The fourth-order valence-corrected chi connectivity index (χ4v) is 3.55. The molecule has 100 valence electrons. The van der Waals surface area contributed by atoms with Gasteiger partial charge in [-0.1, -0.05) is 0 Å². The normalized spacial score (nSPS) is 18.5. The van der Waals surface area contributed by atoms with Gasteiger partial charge in [0.15, 0.2) is 5.03 Å². The van der Waals surface area contributed by atoms with Gasteiger partial charge < -0.3 is 4.98 Å². The number of imidazole rings is 1. The first-order valence-corrected chi connectivity index (χ1v) is 7.36. The third kappa shape index (κ3) is 2.46. The highest BCUT2D eigenvalue weighted by atomic mass is 32.2. The molecule has 6 nitrogen and oxygen atoms in total. The molecule has 18 heavy (non-hydrogen) atoms. The number of aromatic nitrogens is 2. The first kappa shape index (κ1) is 13.2. The van der Waals surface area contributed by atoms with Crippen LogP contribution in [0.1, 0.15) is 31.5 Å². The Morgan fingerprint density at radius 2 is 2.00 bits per heavy atom. The van der Waals surface area contributed by atoms with Crippen molar-refractivity contribution in [3.05, 3.63) is 12.0 Å². The van der Waals surface area contributed by atoms with E-state index in [0.29, 0.717) is 31.5 Å². The van der Waals surface area contributed by atoms with Crippen molar-refractivity contribution in [3.63, 3.8) is 0 Å². The Morgan fingerprint density at radius 3 is 2.50 bits per heavy atom. The Bertz CT molecular complexity index is 540. The smallest absolute Gasteiger partial charge is 0.260 e. The zero-order valence-electron chi connectivity index (χ0n) is 10.5. The fourth-order valence-electron chi connectivity index (χ4n) is 2.17. The summed E-state index contributed by atoms with van der Waals surface area (Å²) >= 11 is 0. The van der Waals surface area contributed by atoms with E-state index in [1.54, 1.807) is 14.0 Å². The van der Waals surface area contributed by atoms with Gasteiger partial charge in [0.25, 0.3) is 10.0 Å². The molecule has 1 heterocycles. The van der Waals surface area contributed by atoms with Crippen molar-refractivity contribution >= 4 is 15.8 Å². The van der Waals surface area contributed by atoms with E-state index in [2.05, 4.69) is 9.97 Å². The SMILES string of the molecule is Cc1ncc(S(=O)(=O)N(C)C2CCC(=O)CC2)[nH]1. The summed E-state index contributed by atoms with van der Waals surface area (Å²) in [7, 11) is -1.97. The van der Waals surface area contributed by atoms with Crippen LogP contribution in [-0.2, 0) is 14.8 Å². The summed E-state index contributed by atoms with van der Waals surface area (Å²) in [6, 6.07) is -0.101. The van der Waals surface area contributed by atoms with Crippen LogP contribution < -0.4 is 0 Å². The first-order valence-electron chi connectivity index (χ1n) is 5.92. The van der Waals surface area contributed by atoms with Gasteiger partial charge in [-0.05, 0) is 19.8 Å². The number of aryl methyl sites for hydroxylation is 1. The Kier molecular flexibility index (Phi) is 3.54. The van der Waals surface area contributed by atoms with Crippen molar-refractivity contribution in [1.29, 1.82) is 0 Å². The highest BCUT2D eigenvalue weighted by molar-refractivity contribution is 7.89. The van der Waals surface area contributed by atoms with Gasteiger partial charge in [0.1, 0.15) is 11.6 Å². The average Bonchev–Trinajstić information content (AvgIpc) is 2.76. The monoisotopic (exact) mass is 271 g/mol. The zero-order valence-corrected chi connectivity index (χ0v) is 11.3. The molecule has 1 aliphatic carbocycles. The number of carbonyl (C=O) groups excluding carboxylic acids is 1. The largest absolute Gasteiger partial charge is 0.332 e. The van der Waals surface area contributed by atoms with Crippen molar-refractivity contribution in [2.45, 2.75) is 43.7 Å². The van der Waals surface area contributed by atoms with Crippen LogP contribution in [0.2, 0.25) is 0 Å². The van der Waals surface area contributed by atoms with Crippen LogP contribution in [0.15, 0.2) is 11.2 Å². The van der Waals surface area contributed by atoms with Gasteiger partial charge in [-0.15, -0.1) is 0 Å². The summed E-state index contributed by atoms with van der Waals surface area (Å²) in [5.41, 5.74) is 0. The molecule has 0 saturated heterocycles. The Hall–Kier alpha value is -1.21. The molecule has 2 rings (SSSR count).